The van der Waals surface area contributed by atoms with Crippen molar-refractivity contribution in [2.45, 2.75) is 6.17 Å². The molecule has 0 unspecified atom stereocenters. The zero-order valence-electron chi connectivity index (χ0n) is 11.4. The smallest absolute Gasteiger partial charge is 0.257 e. The second kappa shape index (κ2) is 4.56. The van der Waals surface area contributed by atoms with Gasteiger partial charge in [-0.3, -0.25) is 4.79 Å². The molecule has 4 nitrogen and oxygen atoms in total. The summed E-state index contributed by atoms with van der Waals surface area (Å²) in [7, 11) is 3.77. The van der Waals surface area contributed by atoms with Gasteiger partial charge in [0, 0.05) is 14.1 Å². The first kappa shape index (κ1) is 12.5. The van der Waals surface area contributed by atoms with E-state index in [1.54, 1.807) is 24.1 Å². The lowest BCUT2D eigenvalue weighted by molar-refractivity contribution is 0.0711. The molecule has 2 aromatic carbocycles. The molecule has 0 spiro atoms. The summed E-state index contributed by atoms with van der Waals surface area (Å²) >= 11 is 0. The highest BCUT2D eigenvalue weighted by molar-refractivity contribution is 6.01. The second-order valence-corrected chi connectivity index (χ2v) is 5.01. The second-order valence-electron chi connectivity index (χ2n) is 5.01. The first-order chi connectivity index (χ1) is 9.59. The molecule has 2 aromatic rings. The number of carbonyl (C=O) groups is 1. The minimum Gasteiger partial charge on any atom is -0.508 e. The minimum atomic E-state index is -0.169. The maximum atomic E-state index is 12.5. The van der Waals surface area contributed by atoms with Crippen molar-refractivity contribution >= 4 is 11.6 Å². The third kappa shape index (κ3) is 1.81. The molecule has 0 fully saturated rings. The number of aromatic hydroxyl groups is 1. The highest BCUT2D eigenvalue weighted by Gasteiger charge is 2.33. The van der Waals surface area contributed by atoms with E-state index in [1.807, 2.05) is 43.4 Å². The molecule has 20 heavy (non-hydrogen) atoms. The van der Waals surface area contributed by atoms with Gasteiger partial charge in [-0.25, -0.2) is 0 Å². The average molecular weight is 268 g/mol. The maximum Gasteiger partial charge on any atom is 0.257 e. The monoisotopic (exact) mass is 268 g/mol. The zero-order chi connectivity index (χ0) is 14.3. The predicted octanol–water partition coefficient (Wildman–Crippen LogP) is 2.61. The van der Waals surface area contributed by atoms with Crippen molar-refractivity contribution in [2.24, 2.45) is 0 Å². The number of benzene rings is 2. The molecular weight excluding hydrogens is 252 g/mol. The van der Waals surface area contributed by atoms with Gasteiger partial charge in [-0.2, -0.15) is 0 Å². The molecule has 0 bridgehead atoms. The number of para-hydroxylation sites is 1. The van der Waals surface area contributed by atoms with E-state index in [-0.39, 0.29) is 17.8 Å². The molecule has 1 aliphatic heterocycles. The quantitative estimate of drug-likeness (QED) is 0.864. The molecule has 0 saturated carbocycles. The van der Waals surface area contributed by atoms with Gasteiger partial charge in [0.1, 0.15) is 11.9 Å². The van der Waals surface area contributed by atoms with E-state index in [9.17, 15) is 9.90 Å². The number of hydrogen-bond donors (Lipinski definition) is 1. The third-order valence-electron chi connectivity index (χ3n) is 3.76. The minimum absolute atomic E-state index is 0.0109. The summed E-state index contributed by atoms with van der Waals surface area (Å²) in [5, 5.41) is 9.40. The van der Waals surface area contributed by atoms with Crippen LogP contribution in [0.1, 0.15) is 22.1 Å². The fourth-order valence-electron chi connectivity index (χ4n) is 2.75. The van der Waals surface area contributed by atoms with Gasteiger partial charge in [0.25, 0.3) is 5.91 Å². The average Bonchev–Trinajstić information content (AvgIpc) is 2.47. The van der Waals surface area contributed by atoms with Crippen LogP contribution in [-0.2, 0) is 0 Å². The summed E-state index contributed by atoms with van der Waals surface area (Å²) in [4.78, 5) is 16.3. The largest absolute Gasteiger partial charge is 0.508 e. The van der Waals surface area contributed by atoms with Crippen molar-refractivity contribution in [3.05, 3.63) is 59.7 Å². The fourth-order valence-corrected chi connectivity index (χ4v) is 2.75. The Kier molecular flexibility index (Phi) is 2.86. The topological polar surface area (TPSA) is 43.8 Å². The lowest BCUT2D eigenvalue weighted by Crippen LogP contribution is -2.45. The standard InChI is InChI=1S/C16H16N2O2/c1-17-14-6-4-3-5-13(14)16(20)18(2)15(17)11-7-9-12(19)10-8-11/h3-10,15,19H,1-2H3/t15-/m0/s1. The van der Waals surface area contributed by atoms with Crippen molar-refractivity contribution in [3.63, 3.8) is 0 Å². The molecule has 0 saturated heterocycles. The molecule has 0 radical (unpaired) electrons. The van der Waals surface area contributed by atoms with Crippen LogP contribution in [0.4, 0.5) is 5.69 Å². The molecule has 1 amide bonds. The van der Waals surface area contributed by atoms with Gasteiger partial charge in [-0.05, 0) is 29.8 Å². The van der Waals surface area contributed by atoms with Crippen molar-refractivity contribution in [2.75, 3.05) is 19.0 Å². The molecule has 0 aromatic heterocycles. The van der Waals surface area contributed by atoms with Gasteiger partial charge in [0.2, 0.25) is 0 Å². The zero-order valence-corrected chi connectivity index (χ0v) is 11.4. The Balaban J connectivity index is 2.09. The number of nitrogens with zero attached hydrogens (tertiary/aromatic N) is 2. The van der Waals surface area contributed by atoms with E-state index in [0.29, 0.717) is 5.56 Å². The highest BCUT2D eigenvalue weighted by atomic mass is 16.3. The highest BCUT2D eigenvalue weighted by Crippen LogP contribution is 2.36. The summed E-state index contributed by atoms with van der Waals surface area (Å²) in [5.74, 6) is 0.235. The number of phenolic OH excluding ortho intramolecular Hbond substituents is 1. The summed E-state index contributed by atoms with van der Waals surface area (Å²) in [5.41, 5.74) is 2.61. The molecule has 1 atom stereocenters. The number of amides is 1. The number of fused-ring (bicyclic) bond motifs is 1. The van der Waals surface area contributed by atoms with Gasteiger partial charge >= 0.3 is 0 Å². The summed E-state index contributed by atoms with van der Waals surface area (Å²) < 4.78 is 0. The number of rotatable bonds is 1. The normalized spacial score (nSPS) is 18.1. The van der Waals surface area contributed by atoms with E-state index >= 15 is 0 Å². The Bertz CT molecular complexity index is 652. The van der Waals surface area contributed by atoms with Gasteiger partial charge < -0.3 is 14.9 Å². The maximum absolute atomic E-state index is 12.5. The SMILES string of the molecule is CN1C(=O)c2ccccc2N(C)[C@@H]1c1ccc(O)cc1. The van der Waals surface area contributed by atoms with Crippen LogP contribution < -0.4 is 4.90 Å². The van der Waals surface area contributed by atoms with Crippen molar-refractivity contribution in [1.29, 1.82) is 0 Å². The van der Waals surface area contributed by atoms with Gasteiger partial charge in [0.15, 0.2) is 0 Å². The molecule has 0 aliphatic carbocycles. The van der Waals surface area contributed by atoms with Crippen LogP contribution >= 0.6 is 0 Å². The van der Waals surface area contributed by atoms with Crippen LogP contribution in [-0.4, -0.2) is 30.0 Å². The van der Waals surface area contributed by atoms with Crippen LogP contribution in [0.5, 0.6) is 5.75 Å². The van der Waals surface area contributed by atoms with E-state index in [4.69, 9.17) is 0 Å². The van der Waals surface area contributed by atoms with Crippen molar-refractivity contribution in [1.82, 2.24) is 4.90 Å². The van der Waals surface area contributed by atoms with E-state index in [1.165, 1.54) is 0 Å². The third-order valence-corrected chi connectivity index (χ3v) is 3.76. The number of phenols is 1. The first-order valence-corrected chi connectivity index (χ1v) is 6.47. The van der Waals surface area contributed by atoms with E-state index in [0.717, 1.165) is 11.3 Å². The molecule has 4 heteroatoms. The summed E-state index contributed by atoms with van der Waals surface area (Å²) in [6.07, 6.45) is -0.169. The van der Waals surface area contributed by atoms with E-state index < -0.39 is 0 Å². The predicted molar refractivity (Wildman–Crippen MR) is 77.8 cm³/mol. The van der Waals surface area contributed by atoms with Crippen LogP contribution in [0.2, 0.25) is 0 Å². The fraction of sp³-hybridized carbons (Fsp3) is 0.188. The van der Waals surface area contributed by atoms with Crippen LogP contribution in [0.25, 0.3) is 0 Å². The first-order valence-electron chi connectivity index (χ1n) is 6.47. The molecule has 1 N–H and O–H groups in total. The lowest BCUT2D eigenvalue weighted by atomic mass is 10.0. The van der Waals surface area contributed by atoms with E-state index in [2.05, 4.69) is 4.90 Å². The van der Waals surface area contributed by atoms with Gasteiger partial charge in [0.05, 0.1) is 11.3 Å². The Hall–Kier alpha value is -2.49. The van der Waals surface area contributed by atoms with Crippen molar-refractivity contribution < 1.29 is 9.90 Å². The van der Waals surface area contributed by atoms with Gasteiger partial charge in [-0.1, -0.05) is 24.3 Å². The molecular formula is C16H16N2O2. The number of anilines is 1. The molecule has 3 rings (SSSR count). The molecule has 102 valence electrons. The van der Waals surface area contributed by atoms with Crippen LogP contribution in [0, 0.1) is 0 Å². The Morgan fingerprint density at radius 1 is 0.950 bits per heavy atom. The number of carbonyl (C=O) groups excluding carboxylic acids is 1. The summed E-state index contributed by atoms with van der Waals surface area (Å²) in [6, 6.07) is 14.6. The van der Waals surface area contributed by atoms with Crippen LogP contribution in [0.3, 0.4) is 0 Å². The Morgan fingerprint density at radius 3 is 2.30 bits per heavy atom. The van der Waals surface area contributed by atoms with Crippen molar-refractivity contribution in [3.8, 4) is 5.75 Å². The molecule has 1 heterocycles. The lowest BCUT2D eigenvalue weighted by Gasteiger charge is -2.42. The summed E-state index contributed by atoms with van der Waals surface area (Å²) in [6.45, 7) is 0. The van der Waals surface area contributed by atoms with Gasteiger partial charge in [-0.15, -0.1) is 0 Å². The Morgan fingerprint density at radius 2 is 1.60 bits per heavy atom. The Labute approximate surface area is 117 Å². The van der Waals surface area contributed by atoms with Crippen LogP contribution in [0.15, 0.2) is 48.5 Å². The number of hydrogen-bond acceptors (Lipinski definition) is 3. The molecule has 1 aliphatic rings.